The van der Waals surface area contributed by atoms with E-state index < -0.39 is 0 Å². The molecule has 16 heavy (non-hydrogen) atoms. The molecule has 1 aliphatic rings. The van der Waals surface area contributed by atoms with Gasteiger partial charge < -0.3 is 14.6 Å². The van der Waals surface area contributed by atoms with E-state index in [4.69, 9.17) is 4.42 Å². The van der Waals surface area contributed by atoms with Gasteiger partial charge in [-0.05, 0) is 24.6 Å². The Balaban J connectivity index is 2.03. The van der Waals surface area contributed by atoms with Crippen LogP contribution >= 0.6 is 0 Å². The third-order valence-corrected chi connectivity index (χ3v) is 3.17. The van der Waals surface area contributed by atoms with E-state index >= 15 is 0 Å². The maximum atomic E-state index is 5.62. The Morgan fingerprint density at radius 1 is 1.25 bits per heavy atom. The first-order valence-corrected chi connectivity index (χ1v) is 5.78. The highest BCUT2D eigenvalue weighted by Gasteiger charge is 2.15. The second-order valence-corrected chi connectivity index (χ2v) is 4.36. The van der Waals surface area contributed by atoms with Crippen molar-refractivity contribution in [1.29, 1.82) is 0 Å². The van der Waals surface area contributed by atoms with Gasteiger partial charge in [-0.1, -0.05) is 6.07 Å². The van der Waals surface area contributed by atoms with Crippen LogP contribution in [0.2, 0.25) is 0 Å². The van der Waals surface area contributed by atoms with Gasteiger partial charge in [0.1, 0.15) is 11.8 Å². The van der Waals surface area contributed by atoms with Crippen molar-refractivity contribution in [2.75, 3.05) is 31.1 Å². The SMILES string of the molecule is Cc1ccc2c(N3CCNCC3)coc2c1. The molecule has 84 valence electrons. The van der Waals surface area contributed by atoms with Gasteiger partial charge in [-0.15, -0.1) is 0 Å². The van der Waals surface area contributed by atoms with Crippen LogP contribution < -0.4 is 10.2 Å². The van der Waals surface area contributed by atoms with Gasteiger partial charge in [-0.2, -0.15) is 0 Å². The van der Waals surface area contributed by atoms with Crippen molar-refractivity contribution in [2.24, 2.45) is 0 Å². The van der Waals surface area contributed by atoms with Crippen molar-refractivity contribution < 1.29 is 4.42 Å². The molecule has 0 spiro atoms. The molecule has 1 fully saturated rings. The lowest BCUT2D eigenvalue weighted by molar-refractivity contribution is 0.578. The number of hydrogen-bond donors (Lipinski definition) is 1. The van der Waals surface area contributed by atoms with Crippen LogP contribution in [0.5, 0.6) is 0 Å². The van der Waals surface area contributed by atoms with Crippen LogP contribution in [0.3, 0.4) is 0 Å². The van der Waals surface area contributed by atoms with Crippen molar-refractivity contribution in [1.82, 2.24) is 5.32 Å². The number of benzene rings is 1. The topological polar surface area (TPSA) is 28.4 Å². The summed E-state index contributed by atoms with van der Waals surface area (Å²) in [6.07, 6.45) is 1.88. The number of fused-ring (bicyclic) bond motifs is 1. The van der Waals surface area contributed by atoms with E-state index in [9.17, 15) is 0 Å². The highest BCUT2D eigenvalue weighted by atomic mass is 16.3. The van der Waals surface area contributed by atoms with Crippen molar-refractivity contribution in [3.63, 3.8) is 0 Å². The molecule has 2 heterocycles. The van der Waals surface area contributed by atoms with Gasteiger partial charge in [0, 0.05) is 31.6 Å². The maximum Gasteiger partial charge on any atom is 0.136 e. The van der Waals surface area contributed by atoms with Gasteiger partial charge in [0.25, 0.3) is 0 Å². The van der Waals surface area contributed by atoms with Crippen LogP contribution in [0.25, 0.3) is 11.0 Å². The van der Waals surface area contributed by atoms with Gasteiger partial charge in [0.05, 0.1) is 5.69 Å². The molecule has 1 aliphatic heterocycles. The van der Waals surface area contributed by atoms with E-state index in [0.717, 1.165) is 31.8 Å². The first-order valence-electron chi connectivity index (χ1n) is 5.78. The fourth-order valence-corrected chi connectivity index (χ4v) is 2.27. The molecule has 0 saturated carbocycles. The van der Waals surface area contributed by atoms with E-state index in [1.54, 1.807) is 0 Å². The minimum atomic E-state index is 0.994. The predicted octanol–water partition coefficient (Wildman–Crippen LogP) is 2.15. The van der Waals surface area contributed by atoms with E-state index in [1.807, 2.05) is 6.26 Å². The second kappa shape index (κ2) is 3.83. The third kappa shape index (κ3) is 1.57. The molecule has 1 saturated heterocycles. The van der Waals surface area contributed by atoms with E-state index in [2.05, 4.69) is 35.3 Å². The number of piperazine rings is 1. The molecule has 0 amide bonds. The van der Waals surface area contributed by atoms with E-state index in [-0.39, 0.29) is 0 Å². The molecule has 0 unspecified atom stereocenters. The maximum absolute atomic E-state index is 5.62. The largest absolute Gasteiger partial charge is 0.462 e. The number of nitrogens with one attached hydrogen (secondary N) is 1. The molecule has 1 aromatic heterocycles. The molecule has 3 nitrogen and oxygen atoms in total. The number of furan rings is 1. The van der Waals surface area contributed by atoms with Gasteiger partial charge in [0.2, 0.25) is 0 Å². The standard InChI is InChI=1S/C13H16N2O/c1-10-2-3-11-12(9-16-13(11)8-10)15-6-4-14-5-7-15/h2-3,8-9,14H,4-7H2,1H3. The average molecular weight is 216 g/mol. The van der Waals surface area contributed by atoms with Gasteiger partial charge >= 0.3 is 0 Å². The first-order chi connectivity index (χ1) is 7.84. The normalized spacial score (nSPS) is 16.9. The Morgan fingerprint density at radius 3 is 2.88 bits per heavy atom. The molecule has 2 aromatic rings. The van der Waals surface area contributed by atoms with Crippen LogP contribution in [-0.4, -0.2) is 26.2 Å². The Labute approximate surface area is 95.0 Å². The average Bonchev–Trinajstić information content (AvgIpc) is 2.73. The fraction of sp³-hybridized carbons (Fsp3) is 0.385. The number of nitrogens with zero attached hydrogens (tertiary/aromatic N) is 1. The third-order valence-electron chi connectivity index (χ3n) is 3.17. The smallest absolute Gasteiger partial charge is 0.136 e. The number of anilines is 1. The molecular weight excluding hydrogens is 200 g/mol. The number of hydrogen-bond acceptors (Lipinski definition) is 3. The summed E-state index contributed by atoms with van der Waals surface area (Å²) in [7, 11) is 0. The zero-order valence-corrected chi connectivity index (χ0v) is 9.49. The fourth-order valence-electron chi connectivity index (χ4n) is 2.27. The summed E-state index contributed by atoms with van der Waals surface area (Å²) in [6, 6.07) is 6.40. The highest BCUT2D eigenvalue weighted by molar-refractivity contribution is 5.91. The van der Waals surface area contributed by atoms with Crippen LogP contribution in [0.4, 0.5) is 5.69 Å². The predicted molar refractivity (Wildman–Crippen MR) is 66.0 cm³/mol. The van der Waals surface area contributed by atoms with Crippen LogP contribution in [-0.2, 0) is 0 Å². The van der Waals surface area contributed by atoms with Gasteiger partial charge in [0.15, 0.2) is 0 Å². The van der Waals surface area contributed by atoms with Crippen LogP contribution in [0.15, 0.2) is 28.9 Å². The van der Waals surface area contributed by atoms with Gasteiger partial charge in [-0.3, -0.25) is 0 Å². The molecule has 0 atom stereocenters. The molecule has 3 heteroatoms. The lowest BCUT2D eigenvalue weighted by atomic mass is 10.1. The molecule has 0 radical (unpaired) electrons. The summed E-state index contributed by atoms with van der Waals surface area (Å²) < 4.78 is 5.62. The van der Waals surface area contributed by atoms with Crippen LogP contribution in [0.1, 0.15) is 5.56 Å². The summed E-state index contributed by atoms with van der Waals surface area (Å²) in [5.41, 5.74) is 3.47. The zero-order valence-electron chi connectivity index (χ0n) is 9.49. The Morgan fingerprint density at radius 2 is 2.06 bits per heavy atom. The summed E-state index contributed by atoms with van der Waals surface area (Å²) >= 11 is 0. The molecule has 1 N–H and O–H groups in total. The number of rotatable bonds is 1. The monoisotopic (exact) mass is 216 g/mol. The minimum Gasteiger partial charge on any atom is -0.462 e. The molecular formula is C13H16N2O. The molecule has 0 bridgehead atoms. The summed E-state index contributed by atoms with van der Waals surface area (Å²) in [6.45, 7) is 6.31. The first kappa shape index (κ1) is 9.73. The van der Waals surface area contributed by atoms with Crippen molar-refractivity contribution in [3.05, 3.63) is 30.0 Å². The Bertz CT molecular complexity index is 498. The lowest BCUT2D eigenvalue weighted by Gasteiger charge is -2.28. The highest BCUT2D eigenvalue weighted by Crippen LogP contribution is 2.29. The minimum absolute atomic E-state index is 0.994. The Hall–Kier alpha value is -1.48. The summed E-state index contributed by atoms with van der Waals surface area (Å²) in [5.74, 6) is 0. The number of aryl methyl sites for hydroxylation is 1. The van der Waals surface area contributed by atoms with Crippen LogP contribution in [0, 0.1) is 6.92 Å². The summed E-state index contributed by atoms with van der Waals surface area (Å²) in [5, 5.41) is 4.59. The Kier molecular flexibility index (Phi) is 2.33. The summed E-state index contributed by atoms with van der Waals surface area (Å²) in [4.78, 5) is 2.39. The van der Waals surface area contributed by atoms with E-state index in [0.29, 0.717) is 0 Å². The lowest BCUT2D eigenvalue weighted by Crippen LogP contribution is -2.43. The van der Waals surface area contributed by atoms with Crippen molar-refractivity contribution >= 4 is 16.7 Å². The molecule has 0 aliphatic carbocycles. The second-order valence-electron chi connectivity index (χ2n) is 4.36. The van der Waals surface area contributed by atoms with Gasteiger partial charge in [-0.25, -0.2) is 0 Å². The quantitative estimate of drug-likeness (QED) is 0.791. The zero-order chi connectivity index (χ0) is 11.0. The van der Waals surface area contributed by atoms with E-state index in [1.165, 1.54) is 16.6 Å². The van der Waals surface area contributed by atoms with Crippen molar-refractivity contribution in [3.8, 4) is 0 Å². The molecule has 1 aromatic carbocycles. The van der Waals surface area contributed by atoms with Crippen molar-refractivity contribution in [2.45, 2.75) is 6.92 Å². The molecule has 3 rings (SSSR count).